The summed E-state index contributed by atoms with van der Waals surface area (Å²) in [6.45, 7) is 4.96. The van der Waals surface area contributed by atoms with Crippen LogP contribution in [0.3, 0.4) is 0 Å². The maximum Gasteiger partial charge on any atom is 0.308 e. The standard InChI is InChI=1S/C31H35N5O4/c1-20(32-29-18-27(33-21(2)34-29)25-9-8-22-10-13-35(3)28(22)17-25)24-6-5-7-26(16-24)40-19-30(37)36-14-11-23(12-15-36)31(38)39-4/h5-10,13,16-18,20,23H,11-12,14-15,19H2,1-4H3,(H,32,33,34). The first-order valence-corrected chi connectivity index (χ1v) is 13.6. The van der Waals surface area contributed by atoms with Gasteiger partial charge < -0.3 is 24.3 Å². The normalized spacial score (nSPS) is 14.7. The number of aryl methyl sites for hydroxylation is 2. The summed E-state index contributed by atoms with van der Waals surface area (Å²) in [4.78, 5) is 35.5. The van der Waals surface area contributed by atoms with Crippen LogP contribution in [0.2, 0.25) is 0 Å². The number of methoxy groups -OCH3 is 1. The summed E-state index contributed by atoms with van der Waals surface area (Å²) in [6, 6.07) is 18.1. The van der Waals surface area contributed by atoms with Gasteiger partial charge in [0.1, 0.15) is 17.4 Å². The van der Waals surface area contributed by atoms with E-state index in [0.717, 1.165) is 28.2 Å². The molecule has 1 atom stereocenters. The Bertz CT molecular complexity index is 1520. The van der Waals surface area contributed by atoms with Gasteiger partial charge in [-0.15, -0.1) is 0 Å². The number of amides is 1. The number of hydrogen-bond acceptors (Lipinski definition) is 7. The van der Waals surface area contributed by atoms with E-state index in [2.05, 4.69) is 57.2 Å². The molecule has 4 aromatic rings. The van der Waals surface area contributed by atoms with E-state index in [-0.39, 0.29) is 30.4 Å². The van der Waals surface area contributed by atoms with Gasteiger partial charge in [-0.2, -0.15) is 0 Å². The Morgan fingerprint density at radius 1 is 1.07 bits per heavy atom. The van der Waals surface area contributed by atoms with Gasteiger partial charge in [0.15, 0.2) is 6.61 Å². The van der Waals surface area contributed by atoms with Gasteiger partial charge >= 0.3 is 5.97 Å². The third-order valence-corrected chi connectivity index (χ3v) is 7.49. The highest BCUT2D eigenvalue weighted by atomic mass is 16.5. The van der Waals surface area contributed by atoms with Crippen LogP contribution in [0, 0.1) is 12.8 Å². The molecule has 1 saturated heterocycles. The Balaban J connectivity index is 1.21. The molecule has 1 aliphatic rings. The van der Waals surface area contributed by atoms with Gasteiger partial charge in [-0.1, -0.05) is 24.3 Å². The maximum atomic E-state index is 12.7. The molecule has 1 unspecified atom stereocenters. The summed E-state index contributed by atoms with van der Waals surface area (Å²) >= 11 is 0. The molecular weight excluding hydrogens is 506 g/mol. The summed E-state index contributed by atoms with van der Waals surface area (Å²) < 4.78 is 12.8. The monoisotopic (exact) mass is 541 g/mol. The zero-order valence-electron chi connectivity index (χ0n) is 23.4. The topological polar surface area (TPSA) is 98.6 Å². The average molecular weight is 542 g/mol. The van der Waals surface area contributed by atoms with Crippen LogP contribution in [0.15, 0.2) is 60.8 Å². The van der Waals surface area contributed by atoms with E-state index in [1.54, 1.807) is 4.90 Å². The molecule has 9 heteroatoms. The van der Waals surface area contributed by atoms with E-state index < -0.39 is 0 Å². The number of ether oxygens (including phenoxy) is 2. The summed E-state index contributed by atoms with van der Waals surface area (Å²) in [7, 11) is 3.44. The lowest BCUT2D eigenvalue weighted by Gasteiger charge is -2.30. The maximum absolute atomic E-state index is 12.7. The molecule has 1 fully saturated rings. The number of likely N-dealkylation sites (tertiary alicyclic amines) is 1. The second kappa shape index (κ2) is 11.8. The Morgan fingerprint density at radius 3 is 2.65 bits per heavy atom. The molecule has 5 rings (SSSR count). The summed E-state index contributed by atoms with van der Waals surface area (Å²) in [6.07, 6.45) is 3.28. The fourth-order valence-corrected chi connectivity index (χ4v) is 5.16. The number of carbonyl (C=O) groups is 2. The van der Waals surface area contributed by atoms with Crippen LogP contribution < -0.4 is 10.1 Å². The highest BCUT2D eigenvalue weighted by Gasteiger charge is 2.28. The third-order valence-electron chi connectivity index (χ3n) is 7.49. The van der Waals surface area contributed by atoms with E-state index in [4.69, 9.17) is 9.47 Å². The van der Waals surface area contributed by atoms with Gasteiger partial charge in [-0.3, -0.25) is 9.59 Å². The smallest absolute Gasteiger partial charge is 0.308 e. The van der Waals surface area contributed by atoms with E-state index in [1.807, 2.05) is 44.3 Å². The van der Waals surface area contributed by atoms with Crippen molar-refractivity contribution in [1.29, 1.82) is 0 Å². The number of esters is 1. The van der Waals surface area contributed by atoms with Crippen molar-refractivity contribution in [2.45, 2.75) is 32.7 Å². The van der Waals surface area contributed by atoms with Crippen molar-refractivity contribution in [2.75, 3.05) is 32.1 Å². The predicted octanol–water partition coefficient (Wildman–Crippen LogP) is 4.91. The molecule has 0 spiro atoms. The number of rotatable bonds is 8. The van der Waals surface area contributed by atoms with Crippen LogP contribution in [-0.2, 0) is 21.4 Å². The Morgan fingerprint density at radius 2 is 1.88 bits per heavy atom. The number of aromatic nitrogens is 3. The van der Waals surface area contributed by atoms with E-state index in [9.17, 15) is 9.59 Å². The number of piperidine rings is 1. The number of nitrogens with zero attached hydrogens (tertiary/aromatic N) is 4. The fourth-order valence-electron chi connectivity index (χ4n) is 5.16. The van der Waals surface area contributed by atoms with Crippen molar-refractivity contribution in [3.05, 3.63) is 72.2 Å². The molecule has 1 N–H and O–H groups in total. The minimum Gasteiger partial charge on any atom is -0.484 e. The lowest BCUT2D eigenvalue weighted by atomic mass is 9.97. The first kappa shape index (κ1) is 27.2. The van der Waals surface area contributed by atoms with E-state index in [0.29, 0.717) is 37.5 Å². The SMILES string of the molecule is COC(=O)C1CCN(C(=O)COc2cccc(C(C)Nc3cc(-c4ccc5ccn(C)c5c4)nc(C)n3)c2)CC1. The number of benzene rings is 2. The number of hydrogen-bond donors (Lipinski definition) is 1. The van der Waals surface area contributed by atoms with Crippen molar-refractivity contribution in [3.63, 3.8) is 0 Å². The average Bonchev–Trinajstić information content (AvgIpc) is 3.35. The predicted molar refractivity (Wildman–Crippen MR) is 154 cm³/mol. The summed E-state index contributed by atoms with van der Waals surface area (Å²) in [5.41, 5.74) is 4.05. The fraction of sp³-hybridized carbons (Fsp3) is 0.355. The second-order valence-corrected chi connectivity index (χ2v) is 10.3. The first-order chi connectivity index (χ1) is 19.3. The van der Waals surface area contributed by atoms with Gasteiger partial charge in [0.25, 0.3) is 5.91 Å². The molecule has 2 aromatic heterocycles. The van der Waals surface area contributed by atoms with Crippen LogP contribution in [0.5, 0.6) is 5.75 Å². The van der Waals surface area contributed by atoms with Crippen molar-refractivity contribution < 1.29 is 19.1 Å². The lowest BCUT2D eigenvalue weighted by Crippen LogP contribution is -2.42. The molecule has 40 heavy (non-hydrogen) atoms. The largest absolute Gasteiger partial charge is 0.484 e. The highest BCUT2D eigenvalue weighted by Crippen LogP contribution is 2.27. The van der Waals surface area contributed by atoms with Crippen LogP contribution in [0.1, 0.15) is 37.2 Å². The molecule has 1 aliphatic heterocycles. The molecule has 0 radical (unpaired) electrons. The van der Waals surface area contributed by atoms with Crippen LogP contribution in [-0.4, -0.2) is 58.1 Å². The molecule has 1 amide bonds. The number of nitrogens with one attached hydrogen (secondary N) is 1. The van der Waals surface area contributed by atoms with Crippen molar-refractivity contribution in [3.8, 4) is 17.0 Å². The number of fused-ring (bicyclic) bond motifs is 1. The third kappa shape index (κ3) is 6.09. The van der Waals surface area contributed by atoms with Gasteiger partial charge in [0.2, 0.25) is 0 Å². The van der Waals surface area contributed by atoms with Crippen molar-refractivity contribution in [2.24, 2.45) is 13.0 Å². The Labute approximate surface area is 234 Å². The number of carbonyl (C=O) groups excluding carboxylic acids is 2. The highest BCUT2D eigenvalue weighted by molar-refractivity contribution is 5.85. The van der Waals surface area contributed by atoms with Crippen molar-refractivity contribution in [1.82, 2.24) is 19.4 Å². The van der Waals surface area contributed by atoms with Gasteiger partial charge in [-0.25, -0.2) is 9.97 Å². The first-order valence-electron chi connectivity index (χ1n) is 13.6. The molecule has 9 nitrogen and oxygen atoms in total. The molecule has 208 valence electrons. The van der Waals surface area contributed by atoms with Gasteiger partial charge in [-0.05, 0) is 61.9 Å². The number of anilines is 1. The van der Waals surface area contributed by atoms with Crippen LogP contribution >= 0.6 is 0 Å². The Hall–Kier alpha value is -4.40. The van der Waals surface area contributed by atoms with E-state index >= 15 is 0 Å². The lowest BCUT2D eigenvalue weighted by molar-refractivity contribution is -0.149. The van der Waals surface area contributed by atoms with Crippen molar-refractivity contribution >= 4 is 28.6 Å². The zero-order chi connectivity index (χ0) is 28.2. The van der Waals surface area contributed by atoms with Gasteiger partial charge in [0.05, 0.1) is 24.8 Å². The molecule has 3 heterocycles. The molecule has 2 aromatic carbocycles. The minimum atomic E-state index is -0.204. The molecule has 0 saturated carbocycles. The summed E-state index contributed by atoms with van der Waals surface area (Å²) in [5.74, 6) is 1.62. The zero-order valence-corrected chi connectivity index (χ0v) is 23.4. The molecule has 0 bridgehead atoms. The van der Waals surface area contributed by atoms with Crippen LogP contribution in [0.4, 0.5) is 5.82 Å². The summed E-state index contributed by atoms with van der Waals surface area (Å²) in [5, 5.41) is 4.68. The quantitative estimate of drug-likeness (QED) is 0.317. The van der Waals surface area contributed by atoms with Crippen LogP contribution in [0.25, 0.3) is 22.2 Å². The molecular formula is C31H35N5O4. The second-order valence-electron chi connectivity index (χ2n) is 10.3. The van der Waals surface area contributed by atoms with E-state index in [1.165, 1.54) is 12.5 Å². The Kier molecular flexibility index (Phi) is 8.00. The molecule has 0 aliphatic carbocycles. The van der Waals surface area contributed by atoms with Gasteiger partial charge in [0, 0.05) is 43.5 Å². The minimum absolute atomic E-state index is 0.0475.